The van der Waals surface area contributed by atoms with Crippen molar-refractivity contribution >= 4 is 11.9 Å². The molecule has 1 fully saturated rings. The van der Waals surface area contributed by atoms with Crippen LogP contribution in [-0.2, 0) is 17.9 Å². The molecule has 0 radical (unpaired) electrons. The fourth-order valence-corrected chi connectivity index (χ4v) is 3.95. The van der Waals surface area contributed by atoms with Crippen LogP contribution in [0.2, 0.25) is 0 Å². The van der Waals surface area contributed by atoms with Gasteiger partial charge in [-0.3, -0.25) is 9.69 Å². The number of nitrogens with one attached hydrogen (secondary N) is 1. The first-order valence-electron chi connectivity index (χ1n) is 10.9. The van der Waals surface area contributed by atoms with E-state index >= 15 is 0 Å². The van der Waals surface area contributed by atoms with E-state index in [9.17, 15) is 18.0 Å². The minimum atomic E-state index is -5.08. The van der Waals surface area contributed by atoms with Gasteiger partial charge in [0.1, 0.15) is 11.5 Å². The molecule has 1 atom stereocenters. The molecule has 34 heavy (non-hydrogen) atoms. The van der Waals surface area contributed by atoms with Gasteiger partial charge in [0, 0.05) is 31.9 Å². The van der Waals surface area contributed by atoms with Crippen molar-refractivity contribution < 1.29 is 37.3 Å². The van der Waals surface area contributed by atoms with E-state index in [1.165, 1.54) is 12.0 Å². The maximum absolute atomic E-state index is 12.4. The summed E-state index contributed by atoms with van der Waals surface area (Å²) < 4.78 is 44.7. The Morgan fingerprint density at radius 2 is 1.91 bits per heavy atom. The topological polar surface area (TPSA) is 106 Å². The standard InChI is InChI=1S/C20H24N4O3.C2HF3O2/c1-13-19-22-16(20(25)21-15-3-2-4-15)11-24(19)8-7-23(13)10-14-5-6-17-18(9-14)27-12-26-17;3-2(4,5)1(6)7/h5-6,9,11,13,15H,2-4,7-8,10,12H2,1H3,(H,21,25);(H,6,7). The molecule has 1 saturated carbocycles. The van der Waals surface area contributed by atoms with Gasteiger partial charge in [0.05, 0.1) is 6.04 Å². The average molecular weight is 482 g/mol. The molecule has 0 saturated heterocycles. The molecular formula is C22H25F3N4O5. The maximum atomic E-state index is 12.4. The number of fused-ring (bicyclic) bond motifs is 2. The first-order valence-corrected chi connectivity index (χ1v) is 10.9. The van der Waals surface area contributed by atoms with Gasteiger partial charge in [-0.2, -0.15) is 13.2 Å². The molecule has 3 heterocycles. The molecule has 9 nitrogen and oxygen atoms in total. The van der Waals surface area contributed by atoms with Crippen LogP contribution >= 0.6 is 0 Å². The van der Waals surface area contributed by atoms with Gasteiger partial charge in [-0.1, -0.05) is 6.07 Å². The molecular weight excluding hydrogens is 457 g/mol. The van der Waals surface area contributed by atoms with Crippen LogP contribution in [0.4, 0.5) is 13.2 Å². The normalized spacial score (nSPS) is 19.5. The summed E-state index contributed by atoms with van der Waals surface area (Å²) in [4.78, 5) is 28.4. The Labute approximate surface area is 193 Å². The highest BCUT2D eigenvalue weighted by Gasteiger charge is 2.38. The third-order valence-electron chi connectivity index (χ3n) is 6.10. The monoisotopic (exact) mass is 482 g/mol. The van der Waals surface area contributed by atoms with E-state index in [0.717, 1.165) is 49.8 Å². The van der Waals surface area contributed by atoms with E-state index in [-0.39, 0.29) is 11.9 Å². The third-order valence-corrected chi connectivity index (χ3v) is 6.10. The molecule has 0 spiro atoms. The molecule has 12 heteroatoms. The number of nitrogens with zero attached hydrogens (tertiary/aromatic N) is 3. The van der Waals surface area contributed by atoms with Crippen molar-refractivity contribution in [3.63, 3.8) is 0 Å². The number of carboxylic acid groups (broad SMARTS) is 1. The molecule has 2 aromatic rings. The van der Waals surface area contributed by atoms with Gasteiger partial charge in [-0.05, 0) is 43.9 Å². The molecule has 1 unspecified atom stereocenters. The Kier molecular flexibility index (Phi) is 6.69. The number of benzene rings is 1. The fraction of sp³-hybridized carbons (Fsp3) is 0.500. The molecule has 184 valence electrons. The van der Waals surface area contributed by atoms with Gasteiger partial charge < -0.3 is 24.5 Å². The number of carboxylic acids is 1. The van der Waals surface area contributed by atoms with Gasteiger partial charge in [-0.25, -0.2) is 9.78 Å². The number of carbonyl (C=O) groups is 2. The van der Waals surface area contributed by atoms with E-state index in [2.05, 4.69) is 32.8 Å². The SMILES string of the molecule is CC1c2nc(C(=O)NC3CCC3)cn2CCN1Cc1ccc2c(c1)OCO2.O=C(O)C(F)(F)F. The molecule has 1 aliphatic carbocycles. The lowest BCUT2D eigenvalue weighted by Gasteiger charge is -2.33. The van der Waals surface area contributed by atoms with Gasteiger partial charge in [0.25, 0.3) is 5.91 Å². The Morgan fingerprint density at radius 1 is 1.21 bits per heavy atom. The second-order valence-corrected chi connectivity index (χ2v) is 8.42. The number of ether oxygens (including phenoxy) is 2. The van der Waals surface area contributed by atoms with E-state index in [1.807, 2.05) is 18.3 Å². The first kappa shape index (κ1) is 23.9. The van der Waals surface area contributed by atoms with Crippen LogP contribution in [0.1, 0.15) is 54.1 Å². The van der Waals surface area contributed by atoms with Crippen LogP contribution in [0.5, 0.6) is 11.5 Å². The molecule has 1 amide bonds. The summed E-state index contributed by atoms with van der Waals surface area (Å²) in [6, 6.07) is 6.58. The lowest BCUT2D eigenvalue weighted by atomic mass is 9.93. The van der Waals surface area contributed by atoms with E-state index in [1.54, 1.807) is 0 Å². The van der Waals surface area contributed by atoms with Crippen LogP contribution in [0.25, 0.3) is 0 Å². The highest BCUT2D eigenvalue weighted by atomic mass is 19.4. The van der Waals surface area contributed by atoms with Gasteiger partial charge in [0.15, 0.2) is 11.5 Å². The predicted molar refractivity (Wildman–Crippen MR) is 112 cm³/mol. The Morgan fingerprint density at radius 3 is 2.56 bits per heavy atom. The summed E-state index contributed by atoms with van der Waals surface area (Å²) >= 11 is 0. The minimum absolute atomic E-state index is 0.0453. The number of aliphatic carboxylic acids is 1. The van der Waals surface area contributed by atoms with Crippen LogP contribution in [-0.4, -0.2) is 57.0 Å². The lowest BCUT2D eigenvalue weighted by Crippen LogP contribution is -2.39. The highest BCUT2D eigenvalue weighted by molar-refractivity contribution is 5.92. The number of carbonyl (C=O) groups excluding carboxylic acids is 1. The van der Waals surface area contributed by atoms with Crippen molar-refractivity contribution in [1.29, 1.82) is 0 Å². The third kappa shape index (κ3) is 5.27. The molecule has 1 aromatic carbocycles. The van der Waals surface area contributed by atoms with Crippen molar-refractivity contribution in [2.24, 2.45) is 0 Å². The fourth-order valence-electron chi connectivity index (χ4n) is 3.95. The Bertz CT molecular complexity index is 1070. The van der Waals surface area contributed by atoms with Crippen LogP contribution in [0, 0.1) is 0 Å². The molecule has 2 N–H and O–H groups in total. The zero-order chi connectivity index (χ0) is 24.5. The van der Waals surface area contributed by atoms with Crippen molar-refractivity contribution in [2.45, 2.75) is 57.5 Å². The zero-order valence-corrected chi connectivity index (χ0v) is 18.5. The molecule has 5 rings (SSSR count). The average Bonchev–Trinajstić information content (AvgIpc) is 3.39. The summed E-state index contributed by atoms with van der Waals surface area (Å²) in [5.41, 5.74) is 1.72. The summed E-state index contributed by atoms with van der Waals surface area (Å²) in [5, 5.41) is 10.2. The van der Waals surface area contributed by atoms with Gasteiger partial charge >= 0.3 is 12.1 Å². The number of imidazole rings is 1. The number of amides is 1. The quantitative estimate of drug-likeness (QED) is 0.690. The van der Waals surface area contributed by atoms with Gasteiger partial charge in [-0.15, -0.1) is 0 Å². The number of rotatable bonds is 4. The molecule has 2 aliphatic heterocycles. The van der Waals surface area contributed by atoms with E-state index in [0.29, 0.717) is 18.5 Å². The number of aromatic nitrogens is 2. The Balaban J connectivity index is 0.000000344. The van der Waals surface area contributed by atoms with Crippen molar-refractivity contribution in [3.8, 4) is 11.5 Å². The lowest BCUT2D eigenvalue weighted by molar-refractivity contribution is -0.192. The maximum Gasteiger partial charge on any atom is 0.490 e. The molecule has 1 aromatic heterocycles. The van der Waals surface area contributed by atoms with Crippen molar-refractivity contribution in [1.82, 2.24) is 19.8 Å². The van der Waals surface area contributed by atoms with Crippen LogP contribution < -0.4 is 14.8 Å². The number of alkyl halides is 3. The Hall–Kier alpha value is -3.28. The summed E-state index contributed by atoms with van der Waals surface area (Å²) in [7, 11) is 0. The summed E-state index contributed by atoms with van der Waals surface area (Å²) in [6.45, 7) is 5.02. The summed E-state index contributed by atoms with van der Waals surface area (Å²) in [6.07, 6.45) is 0.187. The number of halogens is 3. The summed E-state index contributed by atoms with van der Waals surface area (Å²) in [5.74, 6) is -0.221. The minimum Gasteiger partial charge on any atom is -0.475 e. The first-order chi connectivity index (χ1) is 16.1. The number of hydrogen-bond acceptors (Lipinski definition) is 6. The van der Waals surface area contributed by atoms with Crippen molar-refractivity contribution in [3.05, 3.63) is 41.5 Å². The smallest absolute Gasteiger partial charge is 0.475 e. The molecule has 3 aliphatic rings. The van der Waals surface area contributed by atoms with Crippen LogP contribution in [0.15, 0.2) is 24.4 Å². The number of hydrogen-bond donors (Lipinski definition) is 2. The van der Waals surface area contributed by atoms with E-state index in [4.69, 9.17) is 19.4 Å². The second-order valence-electron chi connectivity index (χ2n) is 8.42. The predicted octanol–water partition coefficient (Wildman–Crippen LogP) is 3.10. The second kappa shape index (κ2) is 9.53. The van der Waals surface area contributed by atoms with Crippen LogP contribution in [0.3, 0.4) is 0 Å². The largest absolute Gasteiger partial charge is 0.490 e. The molecule has 0 bridgehead atoms. The van der Waals surface area contributed by atoms with Gasteiger partial charge in [0.2, 0.25) is 6.79 Å². The van der Waals surface area contributed by atoms with E-state index < -0.39 is 12.1 Å². The zero-order valence-electron chi connectivity index (χ0n) is 18.5. The highest BCUT2D eigenvalue weighted by Crippen LogP contribution is 2.34. The van der Waals surface area contributed by atoms with Crippen molar-refractivity contribution in [2.75, 3.05) is 13.3 Å².